The van der Waals surface area contributed by atoms with Gasteiger partial charge in [0.1, 0.15) is 5.56 Å². The molecule has 0 saturated heterocycles. The Morgan fingerprint density at radius 3 is 2.58 bits per heavy atom. The number of carbonyl (C=O) groups is 2. The average Bonchev–Trinajstić information content (AvgIpc) is 3.23. The molecule has 4 rings (SSSR count). The lowest BCUT2D eigenvalue weighted by Crippen LogP contribution is -2.31. The van der Waals surface area contributed by atoms with Crippen molar-refractivity contribution in [2.24, 2.45) is 0 Å². The number of rotatable bonds is 6. The molecule has 0 spiro atoms. The van der Waals surface area contributed by atoms with Crippen LogP contribution < -0.4 is 5.32 Å². The molecule has 1 unspecified atom stereocenters. The molecule has 4 aromatic rings. The van der Waals surface area contributed by atoms with Crippen LogP contribution in [0.1, 0.15) is 28.9 Å². The molecule has 0 fully saturated rings. The molecule has 1 atom stereocenters. The number of nitrogens with zero attached hydrogens (tertiary/aromatic N) is 3. The van der Waals surface area contributed by atoms with Gasteiger partial charge in [0.2, 0.25) is 0 Å². The van der Waals surface area contributed by atoms with Crippen molar-refractivity contribution >= 4 is 33.5 Å². The molecule has 0 saturated carbocycles. The van der Waals surface area contributed by atoms with Gasteiger partial charge in [-0.1, -0.05) is 58.4 Å². The molecular formula is C23H19BrN4O3. The van der Waals surface area contributed by atoms with Gasteiger partial charge in [-0.15, -0.1) is 0 Å². The van der Waals surface area contributed by atoms with Crippen molar-refractivity contribution in [1.29, 1.82) is 0 Å². The Balaban J connectivity index is 1.43. The van der Waals surface area contributed by atoms with Crippen molar-refractivity contribution in [3.05, 3.63) is 88.7 Å². The van der Waals surface area contributed by atoms with Crippen molar-refractivity contribution in [2.45, 2.75) is 13.0 Å². The molecule has 1 amide bonds. The number of benzene rings is 2. The number of nitrogens with one attached hydrogen (secondary N) is 1. The highest BCUT2D eigenvalue weighted by molar-refractivity contribution is 9.10. The first-order chi connectivity index (χ1) is 15.0. The van der Waals surface area contributed by atoms with Crippen LogP contribution in [0.15, 0.2) is 77.5 Å². The summed E-state index contributed by atoms with van der Waals surface area (Å²) in [5.74, 6) is -1.04. The summed E-state index contributed by atoms with van der Waals surface area (Å²) >= 11 is 3.38. The van der Waals surface area contributed by atoms with E-state index in [0.717, 1.165) is 21.3 Å². The first kappa shape index (κ1) is 20.7. The number of aromatic nitrogens is 3. The van der Waals surface area contributed by atoms with Crippen molar-refractivity contribution in [2.75, 3.05) is 6.61 Å². The second-order valence-corrected chi connectivity index (χ2v) is 7.82. The zero-order chi connectivity index (χ0) is 21.8. The molecule has 0 aliphatic carbocycles. The number of hydrogen-bond donors (Lipinski definition) is 1. The maximum atomic E-state index is 12.6. The van der Waals surface area contributed by atoms with Crippen LogP contribution in [-0.4, -0.2) is 33.1 Å². The lowest BCUT2D eigenvalue weighted by atomic mass is 10.1. The minimum Gasteiger partial charge on any atom is -0.452 e. The van der Waals surface area contributed by atoms with Gasteiger partial charge in [0.25, 0.3) is 5.91 Å². The van der Waals surface area contributed by atoms with E-state index < -0.39 is 18.5 Å². The average molecular weight is 479 g/mol. The predicted octanol–water partition coefficient (Wildman–Crippen LogP) is 4.19. The summed E-state index contributed by atoms with van der Waals surface area (Å²) in [7, 11) is 0. The third-order valence-corrected chi connectivity index (χ3v) is 5.30. The molecule has 2 aromatic carbocycles. The Hall–Kier alpha value is -3.52. The normalized spacial score (nSPS) is 11.8. The van der Waals surface area contributed by atoms with Crippen molar-refractivity contribution in [3.8, 4) is 11.3 Å². The van der Waals surface area contributed by atoms with Gasteiger partial charge < -0.3 is 10.1 Å². The van der Waals surface area contributed by atoms with E-state index in [4.69, 9.17) is 4.74 Å². The monoisotopic (exact) mass is 478 g/mol. The van der Waals surface area contributed by atoms with Crippen molar-refractivity contribution in [1.82, 2.24) is 19.9 Å². The summed E-state index contributed by atoms with van der Waals surface area (Å²) in [5.41, 5.74) is 3.26. The first-order valence-corrected chi connectivity index (χ1v) is 10.4. The minimum absolute atomic E-state index is 0.200. The Morgan fingerprint density at radius 2 is 1.84 bits per heavy atom. The Bertz CT molecular complexity index is 1220. The molecule has 2 aromatic heterocycles. The molecule has 31 heavy (non-hydrogen) atoms. The fourth-order valence-corrected chi connectivity index (χ4v) is 3.45. The second kappa shape index (κ2) is 9.09. The van der Waals surface area contributed by atoms with Crippen LogP contribution >= 0.6 is 15.9 Å². The first-order valence-electron chi connectivity index (χ1n) is 9.63. The summed E-state index contributed by atoms with van der Waals surface area (Å²) in [6, 6.07) is 18.9. The van der Waals surface area contributed by atoms with Crippen LogP contribution in [0.25, 0.3) is 16.9 Å². The summed E-state index contributed by atoms with van der Waals surface area (Å²) in [6.45, 7) is 1.47. The molecule has 8 heteroatoms. The molecule has 0 bridgehead atoms. The number of ether oxygens (including phenoxy) is 1. The Kier molecular flexibility index (Phi) is 6.08. The topological polar surface area (TPSA) is 85.6 Å². The fourth-order valence-electron chi connectivity index (χ4n) is 3.19. The van der Waals surface area contributed by atoms with Crippen LogP contribution in [0.4, 0.5) is 0 Å². The number of carbonyl (C=O) groups excluding carboxylic acids is 2. The SMILES string of the molecule is CC(NC(=O)COC(=O)c1cnn2c(-c3ccccc3)ccnc12)c1ccc(Br)cc1. The maximum absolute atomic E-state index is 12.6. The molecule has 156 valence electrons. The van der Waals surface area contributed by atoms with Crippen LogP contribution in [0, 0.1) is 0 Å². The summed E-state index contributed by atoms with van der Waals surface area (Å²) in [6.07, 6.45) is 3.02. The molecule has 7 nitrogen and oxygen atoms in total. The van der Waals surface area contributed by atoms with Crippen LogP contribution in [0.3, 0.4) is 0 Å². The molecule has 0 aliphatic rings. The van der Waals surface area contributed by atoms with Crippen molar-refractivity contribution in [3.63, 3.8) is 0 Å². The van der Waals surface area contributed by atoms with E-state index in [-0.39, 0.29) is 11.6 Å². The smallest absolute Gasteiger partial charge is 0.344 e. The molecule has 0 aliphatic heterocycles. The number of fused-ring (bicyclic) bond motifs is 1. The van der Waals surface area contributed by atoms with Crippen LogP contribution in [0.2, 0.25) is 0 Å². The highest BCUT2D eigenvalue weighted by Crippen LogP contribution is 2.21. The quantitative estimate of drug-likeness (QED) is 0.419. The van der Waals surface area contributed by atoms with Crippen molar-refractivity contribution < 1.29 is 14.3 Å². The van der Waals surface area contributed by atoms with E-state index in [1.54, 1.807) is 10.7 Å². The van der Waals surface area contributed by atoms with Crippen LogP contribution in [0.5, 0.6) is 0 Å². The lowest BCUT2D eigenvalue weighted by molar-refractivity contribution is -0.124. The lowest BCUT2D eigenvalue weighted by Gasteiger charge is -2.14. The highest BCUT2D eigenvalue weighted by Gasteiger charge is 2.19. The van der Waals surface area contributed by atoms with E-state index in [2.05, 4.69) is 31.3 Å². The van der Waals surface area contributed by atoms with Gasteiger partial charge in [-0.3, -0.25) is 4.79 Å². The van der Waals surface area contributed by atoms with E-state index >= 15 is 0 Å². The van der Waals surface area contributed by atoms with Gasteiger partial charge in [-0.25, -0.2) is 14.3 Å². The number of hydrogen-bond acceptors (Lipinski definition) is 5. The van der Waals surface area contributed by atoms with Gasteiger partial charge in [-0.05, 0) is 30.7 Å². The number of amides is 1. The molecule has 0 radical (unpaired) electrons. The van der Waals surface area contributed by atoms with Gasteiger partial charge in [0.15, 0.2) is 12.3 Å². The zero-order valence-electron chi connectivity index (χ0n) is 16.7. The van der Waals surface area contributed by atoms with Gasteiger partial charge in [-0.2, -0.15) is 5.10 Å². The zero-order valence-corrected chi connectivity index (χ0v) is 18.2. The standard InChI is InChI=1S/C23H19BrN4O3/c1-15(16-7-9-18(24)10-8-16)27-21(29)14-31-23(30)19-13-26-28-20(11-12-25-22(19)28)17-5-3-2-4-6-17/h2-13,15H,14H2,1H3,(H,27,29). The predicted molar refractivity (Wildman–Crippen MR) is 119 cm³/mol. The maximum Gasteiger partial charge on any atom is 0.344 e. The largest absolute Gasteiger partial charge is 0.452 e. The van der Waals surface area contributed by atoms with E-state index in [1.807, 2.05) is 67.6 Å². The molecule has 1 N–H and O–H groups in total. The number of esters is 1. The number of halogens is 1. The van der Waals surface area contributed by atoms with E-state index in [0.29, 0.717) is 5.65 Å². The molecular weight excluding hydrogens is 460 g/mol. The van der Waals surface area contributed by atoms with Gasteiger partial charge in [0, 0.05) is 16.2 Å². The highest BCUT2D eigenvalue weighted by atomic mass is 79.9. The van der Waals surface area contributed by atoms with Gasteiger partial charge >= 0.3 is 5.97 Å². The fraction of sp³-hybridized carbons (Fsp3) is 0.130. The third kappa shape index (κ3) is 4.64. The summed E-state index contributed by atoms with van der Waals surface area (Å²) in [5, 5.41) is 7.10. The second-order valence-electron chi connectivity index (χ2n) is 6.91. The van der Waals surface area contributed by atoms with E-state index in [9.17, 15) is 9.59 Å². The Morgan fingerprint density at radius 1 is 1.10 bits per heavy atom. The molecule has 2 heterocycles. The third-order valence-electron chi connectivity index (χ3n) is 4.77. The van der Waals surface area contributed by atoms with Crippen LogP contribution in [-0.2, 0) is 9.53 Å². The van der Waals surface area contributed by atoms with E-state index in [1.165, 1.54) is 6.20 Å². The minimum atomic E-state index is -0.654. The van der Waals surface area contributed by atoms with Gasteiger partial charge in [0.05, 0.1) is 17.9 Å². The summed E-state index contributed by atoms with van der Waals surface area (Å²) < 4.78 is 7.75. The summed E-state index contributed by atoms with van der Waals surface area (Å²) in [4.78, 5) is 29.1. The Labute approximate surface area is 187 Å².